The zero-order valence-electron chi connectivity index (χ0n) is 26.4. The van der Waals surface area contributed by atoms with Crippen LogP contribution in [0.5, 0.6) is 23.0 Å². The molecule has 0 unspecified atom stereocenters. The molecule has 1 amide bonds. The number of halogens is 1. The number of nitrogens with one attached hydrogen (secondary N) is 1. The van der Waals surface area contributed by atoms with Crippen LogP contribution < -0.4 is 25.2 Å². The van der Waals surface area contributed by atoms with E-state index in [1.807, 2.05) is 0 Å². The molecule has 4 heterocycles. The number of aromatic nitrogens is 5. The molecule has 3 aromatic heterocycles. The van der Waals surface area contributed by atoms with Gasteiger partial charge in [-0.2, -0.15) is 4.68 Å². The van der Waals surface area contributed by atoms with Crippen molar-refractivity contribution in [3.05, 3.63) is 89.2 Å². The number of fused-ring (bicyclic) bond motifs is 1. The van der Waals surface area contributed by atoms with E-state index in [-0.39, 0.29) is 17.3 Å². The molecule has 244 valence electrons. The number of rotatable bonds is 11. The molecule has 1 fully saturated rings. The number of hydrogen-bond acceptors (Lipinski definition) is 10. The number of amides is 1. The summed E-state index contributed by atoms with van der Waals surface area (Å²) in [7, 11) is 5.13. The number of methoxy groups -OCH3 is 1. The second kappa shape index (κ2) is 14.0. The second-order valence-corrected chi connectivity index (χ2v) is 11.2. The fourth-order valence-corrected chi connectivity index (χ4v) is 5.29. The van der Waals surface area contributed by atoms with Crippen molar-refractivity contribution in [2.45, 2.75) is 6.42 Å². The molecule has 13 nitrogen and oxygen atoms in total. The summed E-state index contributed by atoms with van der Waals surface area (Å²) in [5.41, 5.74) is 0.686. The maximum Gasteiger partial charge on any atom is 0.350 e. The van der Waals surface area contributed by atoms with Gasteiger partial charge in [0.25, 0.3) is 5.91 Å². The second-order valence-electron chi connectivity index (χ2n) is 11.2. The fourth-order valence-electron chi connectivity index (χ4n) is 5.29. The SMILES string of the molecule is COc1cc2c(Oc3ccc(NC(=O)c4nn(-c5ccncc5)c(=O)n4C)cc3F)ccnc2cc1OCCCN1CCN(C)CC1. The molecule has 1 aliphatic rings. The van der Waals surface area contributed by atoms with Crippen molar-refractivity contribution in [2.75, 3.05) is 58.8 Å². The lowest BCUT2D eigenvalue weighted by Gasteiger charge is -2.32. The first kappa shape index (κ1) is 31.6. The highest BCUT2D eigenvalue weighted by Gasteiger charge is 2.20. The van der Waals surface area contributed by atoms with Gasteiger partial charge in [-0.05, 0) is 49.9 Å². The maximum absolute atomic E-state index is 15.3. The maximum atomic E-state index is 15.3. The molecule has 0 saturated carbocycles. The first-order valence-electron chi connectivity index (χ1n) is 15.2. The van der Waals surface area contributed by atoms with Gasteiger partial charge in [-0.25, -0.2) is 9.18 Å². The van der Waals surface area contributed by atoms with Crippen molar-refractivity contribution < 1.29 is 23.4 Å². The van der Waals surface area contributed by atoms with Crippen LogP contribution in [0.2, 0.25) is 0 Å². The van der Waals surface area contributed by atoms with E-state index in [1.165, 1.54) is 31.6 Å². The highest BCUT2D eigenvalue weighted by Crippen LogP contribution is 2.38. The van der Waals surface area contributed by atoms with Gasteiger partial charge < -0.3 is 29.3 Å². The molecule has 1 aliphatic heterocycles. The van der Waals surface area contributed by atoms with E-state index < -0.39 is 17.4 Å². The molecule has 0 atom stereocenters. The Hall–Kier alpha value is -5.34. The third-order valence-electron chi connectivity index (χ3n) is 7.96. The fraction of sp³-hybridized carbons (Fsp3) is 0.303. The highest BCUT2D eigenvalue weighted by molar-refractivity contribution is 6.01. The molecule has 1 N–H and O–H groups in total. The van der Waals surface area contributed by atoms with E-state index in [9.17, 15) is 9.59 Å². The minimum atomic E-state index is -0.712. The van der Waals surface area contributed by atoms with Crippen LogP contribution in [0.3, 0.4) is 0 Å². The van der Waals surface area contributed by atoms with Crippen LogP contribution in [0.1, 0.15) is 17.0 Å². The van der Waals surface area contributed by atoms with Gasteiger partial charge in [0.2, 0.25) is 5.82 Å². The Morgan fingerprint density at radius 2 is 1.72 bits per heavy atom. The number of pyridine rings is 2. The Morgan fingerprint density at radius 3 is 2.47 bits per heavy atom. The van der Waals surface area contributed by atoms with E-state index in [2.05, 4.69) is 37.2 Å². The van der Waals surface area contributed by atoms with Gasteiger partial charge in [0.15, 0.2) is 23.1 Å². The number of carbonyl (C=O) groups is 1. The number of likely N-dealkylation sites (N-methyl/N-ethyl adjacent to an activating group) is 1. The zero-order valence-corrected chi connectivity index (χ0v) is 26.4. The smallest absolute Gasteiger partial charge is 0.350 e. The summed E-state index contributed by atoms with van der Waals surface area (Å²) >= 11 is 0. The number of anilines is 1. The Labute approximate surface area is 270 Å². The molecule has 5 aromatic rings. The average molecular weight is 643 g/mol. The predicted octanol–water partition coefficient (Wildman–Crippen LogP) is 3.72. The van der Waals surface area contributed by atoms with Gasteiger partial charge in [0.1, 0.15) is 5.75 Å². The van der Waals surface area contributed by atoms with E-state index in [0.29, 0.717) is 40.4 Å². The van der Waals surface area contributed by atoms with Gasteiger partial charge in [-0.15, -0.1) is 5.10 Å². The van der Waals surface area contributed by atoms with Crippen LogP contribution in [-0.4, -0.2) is 93.5 Å². The van der Waals surface area contributed by atoms with E-state index in [1.54, 1.807) is 43.6 Å². The third-order valence-corrected chi connectivity index (χ3v) is 7.96. The summed E-state index contributed by atoms with van der Waals surface area (Å²) in [5.74, 6) is -0.170. The molecule has 47 heavy (non-hydrogen) atoms. The molecule has 0 aliphatic carbocycles. The van der Waals surface area contributed by atoms with Gasteiger partial charge >= 0.3 is 5.69 Å². The Balaban J connectivity index is 1.13. The molecule has 0 bridgehead atoms. The van der Waals surface area contributed by atoms with Gasteiger partial charge in [-0.1, -0.05) is 0 Å². The molecule has 2 aromatic carbocycles. The van der Waals surface area contributed by atoms with Crippen molar-refractivity contribution in [1.82, 2.24) is 34.1 Å². The largest absolute Gasteiger partial charge is 0.493 e. The van der Waals surface area contributed by atoms with Crippen LogP contribution in [0.15, 0.2) is 71.9 Å². The van der Waals surface area contributed by atoms with Crippen molar-refractivity contribution in [3.63, 3.8) is 0 Å². The van der Waals surface area contributed by atoms with Crippen LogP contribution in [0, 0.1) is 5.82 Å². The van der Waals surface area contributed by atoms with Crippen molar-refractivity contribution in [2.24, 2.45) is 7.05 Å². The summed E-state index contributed by atoms with van der Waals surface area (Å²) < 4.78 is 35.1. The third kappa shape index (κ3) is 7.08. The topological polar surface area (TPSA) is 129 Å². The Kier molecular flexibility index (Phi) is 9.40. The summed E-state index contributed by atoms with van der Waals surface area (Å²) in [5, 5.41) is 7.34. The average Bonchev–Trinajstić information content (AvgIpc) is 3.38. The van der Waals surface area contributed by atoms with Gasteiger partial charge in [0.05, 0.1) is 24.9 Å². The van der Waals surface area contributed by atoms with E-state index in [0.717, 1.165) is 54.5 Å². The minimum absolute atomic E-state index is 0.0620. The Bertz CT molecular complexity index is 1940. The van der Waals surface area contributed by atoms with Crippen molar-refractivity contribution in [3.8, 4) is 28.7 Å². The number of benzene rings is 2. The summed E-state index contributed by atoms with van der Waals surface area (Å²) in [6, 6.07) is 12.4. The summed E-state index contributed by atoms with van der Waals surface area (Å²) in [4.78, 5) is 38.8. The predicted molar refractivity (Wildman–Crippen MR) is 173 cm³/mol. The molecular weight excluding hydrogens is 607 g/mol. The van der Waals surface area contributed by atoms with Gasteiger partial charge in [0, 0.05) is 81.6 Å². The van der Waals surface area contributed by atoms with E-state index >= 15 is 4.39 Å². The first-order valence-corrected chi connectivity index (χ1v) is 15.2. The van der Waals surface area contributed by atoms with E-state index in [4.69, 9.17) is 14.2 Å². The highest BCUT2D eigenvalue weighted by atomic mass is 19.1. The normalized spacial score (nSPS) is 13.9. The van der Waals surface area contributed by atoms with Crippen LogP contribution in [0.4, 0.5) is 10.1 Å². The number of ether oxygens (including phenoxy) is 3. The monoisotopic (exact) mass is 642 g/mol. The van der Waals surface area contributed by atoms with Crippen molar-refractivity contribution in [1.29, 1.82) is 0 Å². The van der Waals surface area contributed by atoms with Crippen LogP contribution >= 0.6 is 0 Å². The molecule has 6 rings (SSSR count). The summed E-state index contributed by atoms with van der Waals surface area (Å²) in [6.07, 6.45) is 5.47. The number of piperazine rings is 1. The lowest BCUT2D eigenvalue weighted by molar-refractivity contribution is 0.101. The number of carbonyl (C=O) groups excluding carboxylic acids is 1. The van der Waals surface area contributed by atoms with Crippen LogP contribution in [-0.2, 0) is 7.05 Å². The quantitative estimate of drug-likeness (QED) is 0.213. The molecule has 0 radical (unpaired) electrons. The zero-order chi connectivity index (χ0) is 32.9. The van der Waals surface area contributed by atoms with Crippen LogP contribution in [0.25, 0.3) is 16.6 Å². The Morgan fingerprint density at radius 1 is 0.936 bits per heavy atom. The molecular formula is C33H35FN8O5. The number of nitrogens with zero attached hydrogens (tertiary/aromatic N) is 7. The molecule has 14 heteroatoms. The standard InChI is InChI=1S/C33H35FN8O5/c1-39-14-16-41(17-15-39)13-4-18-46-30-21-26-24(20-29(30)45-3)27(9-12-36-26)47-28-6-5-22(19-25(28)34)37-32(43)31-38-42(33(44)40(31)2)23-7-10-35-11-8-23/h5-12,19-21H,4,13-18H2,1-3H3,(H,37,43). The van der Waals surface area contributed by atoms with Gasteiger partial charge in [-0.3, -0.25) is 19.3 Å². The first-order chi connectivity index (χ1) is 22.8. The lowest BCUT2D eigenvalue weighted by Crippen LogP contribution is -2.44. The van der Waals surface area contributed by atoms with Crippen molar-refractivity contribution >= 4 is 22.5 Å². The minimum Gasteiger partial charge on any atom is -0.493 e. The number of hydrogen-bond donors (Lipinski definition) is 1. The molecule has 0 spiro atoms. The summed E-state index contributed by atoms with van der Waals surface area (Å²) in [6.45, 7) is 5.76. The molecule has 1 saturated heterocycles. The lowest BCUT2D eigenvalue weighted by atomic mass is 10.1.